The second-order valence-corrected chi connectivity index (χ2v) is 6.00. The maximum absolute atomic E-state index is 11.8. The summed E-state index contributed by atoms with van der Waals surface area (Å²) in [6, 6.07) is 3.87. The molecular formula is C15H21N3O2S. The van der Waals surface area contributed by atoms with Crippen LogP contribution >= 0.6 is 11.3 Å². The average molecular weight is 307 g/mol. The average Bonchev–Trinajstić information content (AvgIpc) is 3.06. The lowest BCUT2D eigenvalue weighted by atomic mass is 10.3. The van der Waals surface area contributed by atoms with Gasteiger partial charge in [-0.15, -0.1) is 11.3 Å². The third kappa shape index (κ3) is 4.15. The van der Waals surface area contributed by atoms with Gasteiger partial charge in [0.25, 0.3) is 0 Å². The Morgan fingerprint density at radius 3 is 2.71 bits per heavy atom. The van der Waals surface area contributed by atoms with E-state index < -0.39 is 0 Å². The van der Waals surface area contributed by atoms with Crippen molar-refractivity contribution in [3.05, 3.63) is 29.0 Å². The third-order valence-electron chi connectivity index (χ3n) is 3.19. The van der Waals surface area contributed by atoms with E-state index in [0.717, 1.165) is 28.8 Å². The van der Waals surface area contributed by atoms with E-state index in [9.17, 15) is 4.79 Å². The first-order chi connectivity index (χ1) is 9.99. The van der Waals surface area contributed by atoms with Crippen LogP contribution in [0, 0.1) is 6.92 Å². The van der Waals surface area contributed by atoms with Gasteiger partial charge >= 0.3 is 0 Å². The van der Waals surface area contributed by atoms with E-state index >= 15 is 0 Å². The smallest absolute Gasteiger partial charge is 0.236 e. The molecule has 114 valence electrons. The normalized spacial score (nSPS) is 11.1. The van der Waals surface area contributed by atoms with Crippen molar-refractivity contribution in [1.29, 1.82) is 0 Å². The molecule has 0 aliphatic rings. The molecule has 2 heterocycles. The molecule has 0 atom stereocenters. The summed E-state index contributed by atoms with van der Waals surface area (Å²) >= 11 is 1.57. The van der Waals surface area contributed by atoms with Crippen LogP contribution in [0.4, 0.5) is 0 Å². The van der Waals surface area contributed by atoms with Crippen LogP contribution in [0.15, 0.2) is 21.9 Å². The quantitative estimate of drug-likeness (QED) is 0.823. The molecule has 2 aromatic heterocycles. The maximum Gasteiger partial charge on any atom is 0.236 e. The molecule has 2 rings (SSSR count). The summed E-state index contributed by atoms with van der Waals surface area (Å²) in [7, 11) is 3.55. The Labute approximate surface area is 129 Å². The van der Waals surface area contributed by atoms with E-state index in [1.165, 1.54) is 0 Å². The molecule has 0 fully saturated rings. The monoisotopic (exact) mass is 307 g/mol. The minimum Gasteiger partial charge on any atom is -0.459 e. The largest absolute Gasteiger partial charge is 0.459 e. The number of carbonyl (C=O) groups excluding carboxylic acids is 1. The Hall–Kier alpha value is -1.66. The first-order valence-electron chi connectivity index (χ1n) is 6.93. The standard InChI is InChI=1S/C15H21N3O2S/c1-5-18(9-14(19)17(3)4)8-12-10-21-15(16-12)13-7-6-11(2)20-13/h6-7,10H,5,8-9H2,1-4H3. The topological polar surface area (TPSA) is 49.6 Å². The van der Waals surface area contributed by atoms with E-state index in [0.29, 0.717) is 13.1 Å². The molecule has 0 aliphatic carbocycles. The van der Waals surface area contributed by atoms with Crippen molar-refractivity contribution < 1.29 is 9.21 Å². The van der Waals surface area contributed by atoms with Gasteiger partial charge in [-0.1, -0.05) is 6.92 Å². The number of aromatic nitrogens is 1. The van der Waals surface area contributed by atoms with Crippen molar-refractivity contribution >= 4 is 17.2 Å². The van der Waals surface area contributed by atoms with Crippen molar-refractivity contribution in [2.45, 2.75) is 20.4 Å². The molecule has 0 saturated heterocycles. The zero-order valence-electron chi connectivity index (χ0n) is 12.9. The van der Waals surface area contributed by atoms with Crippen molar-refractivity contribution in [1.82, 2.24) is 14.8 Å². The molecule has 2 aromatic rings. The molecule has 6 heteroatoms. The molecule has 0 aliphatic heterocycles. The van der Waals surface area contributed by atoms with Crippen LogP contribution in [0.2, 0.25) is 0 Å². The van der Waals surface area contributed by atoms with Gasteiger partial charge in [-0.3, -0.25) is 9.69 Å². The summed E-state index contributed by atoms with van der Waals surface area (Å²) in [4.78, 5) is 20.1. The van der Waals surface area contributed by atoms with E-state index in [2.05, 4.69) is 9.88 Å². The van der Waals surface area contributed by atoms with E-state index in [1.54, 1.807) is 30.3 Å². The number of amides is 1. The van der Waals surface area contributed by atoms with Crippen molar-refractivity contribution in [2.75, 3.05) is 27.2 Å². The number of hydrogen-bond acceptors (Lipinski definition) is 5. The second kappa shape index (κ2) is 6.87. The fourth-order valence-corrected chi connectivity index (χ4v) is 2.65. The summed E-state index contributed by atoms with van der Waals surface area (Å²) in [5.41, 5.74) is 0.970. The first kappa shape index (κ1) is 15.7. The fourth-order valence-electron chi connectivity index (χ4n) is 1.88. The summed E-state index contributed by atoms with van der Waals surface area (Å²) in [5, 5.41) is 2.91. The van der Waals surface area contributed by atoms with Crippen LogP contribution in [-0.2, 0) is 11.3 Å². The van der Waals surface area contributed by atoms with Gasteiger partial charge in [-0.25, -0.2) is 4.98 Å². The first-order valence-corrected chi connectivity index (χ1v) is 7.81. The van der Waals surface area contributed by atoms with Gasteiger partial charge in [-0.05, 0) is 25.6 Å². The molecule has 0 unspecified atom stereocenters. The highest BCUT2D eigenvalue weighted by atomic mass is 32.1. The molecule has 1 amide bonds. The molecule has 0 aromatic carbocycles. The molecule has 0 N–H and O–H groups in total. The van der Waals surface area contributed by atoms with Gasteiger partial charge < -0.3 is 9.32 Å². The zero-order chi connectivity index (χ0) is 15.4. The summed E-state index contributed by atoms with van der Waals surface area (Å²) in [6.45, 7) is 5.87. The van der Waals surface area contributed by atoms with Crippen molar-refractivity contribution in [3.8, 4) is 10.8 Å². The minimum absolute atomic E-state index is 0.106. The second-order valence-electron chi connectivity index (χ2n) is 5.15. The number of thiazole rings is 1. The Kier molecular flexibility index (Phi) is 5.14. The number of rotatable bonds is 6. The number of aryl methyl sites for hydroxylation is 1. The predicted octanol–water partition coefficient (Wildman–Crippen LogP) is 2.62. The van der Waals surface area contributed by atoms with Gasteiger partial charge in [0.05, 0.1) is 12.2 Å². The number of furan rings is 1. The molecule has 0 saturated carbocycles. The number of likely N-dealkylation sites (N-methyl/N-ethyl adjacent to an activating group) is 2. The van der Waals surface area contributed by atoms with Crippen LogP contribution in [0.1, 0.15) is 18.4 Å². The molecule has 21 heavy (non-hydrogen) atoms. The highest BCUT2D eigenvalue weighted by molar-refractivity contribution is 7.13. The fraction of sp³-hybridized carbons (Fsp3) is 0.467. The number of hydrogen-bond donors (Lipinski definition) is 0. The van der Waals surface area contributed by atoms with E-state index in [-0.39, 0.29) is 5.91 Å². The summed E-state index contributed by atoms with van der Waals surface area (Å²) < 4.78 is 5.58. The number of nitrogens with zero attached hydrogens (tertiary/aromatic N) is 3. The van der Waals surface area contributed by atoms with Gasteiger partial charge in [0.15, 0.2) is 10.8 Å². The van der Waals surface area contributed by atoms with Crippen LogP contribution in [-0.4, -0.2) is 47.9 Å². The van der Waals surface area contributed by atoms with Gasteiger partial charge in [0, 0.05) is 26.0 Å². The van der Waals surface area contributed by atoms with E-state index in [1.807, 2.05) is 31.4 Å². The van der Waals surface area contributed by atoms with Crippen LogP contribution in [0.25, 0.3) is 10.8 Å². The Morgan fingerprint density at radius 2 is 2.14 bits per heavy atom. The highest BCUT2D eigenvalue weighted by Crippen LogP contribution is 2.25. The lowest BCUT2D eigenvalue weighted by Gasteiger charge is -2.20. The van der Waals surface area contributed by atoms with Crippen LogP contribution in [0.3, 0.4) is 0 Å². The Balaban J connectivity index is 2.02. The summed E-state index contributed by atoms with van der Waals surface area (Å²) in [6.07, 6.45) is 0. The van der Waals surface area contributed by atoms with Gasteiger partial charge in [0.1, 0.15) is 5.76 Å². The predicted molar refractivity (Wildman–Crippen MR) is 84.2 cm³/mol. The van der Waals surface area contributed by atoms with Gasteiger partial charge in [-0.2, -0.15) is 0 Å². The maximum atomic E-state index is 11.8. The Bertz CT molecular complexity index is 604. The van der Waals surface area contributed by atoms with Crippen LogP contribution < -0.4 is 0 Å². The highest BCUT2D eigenvalue weighted by Gasteiger charge is 2.14. The lowest BCUT2D eigenvalue weighted by molar-refractivity contribution is -0.130. The number of carbonyl (C=O) groups is 1. The minimum atomic E-state index is 0.106. The van der Waals surface area contributed by atoms with Crippen molar-refractivity contribution in [3.63, 3.8) is 0 Å². The Morgan fingerprint density at radius 1 is 1.38 bits per heavy atom. The molecule has 0 spiro atoms. The molecule has 5 nitrogen and oxygen atoms in total. The van der Waals surface area contributed by atoms with Crippen molar-refractivity contribution in [2.24, 2.45) is 0 Å². The summed E-state index contributed by atoms with van der Waals surface area (Å²) in [5.74, 6) is 1.79. The molecule has 0 bridgehead atoms. The lowest BCUT2D eigenvalue weighted by Crippen LogP contribution is -2.36. The van der Waals surface area contributed by atoms with Crippen LogP contribution in [0.5, 0.6) is 0 Å². The third-order valence-corrected chi connectivity index (χ3v) is 4.10. The van der Waals surface area contributed by atoms with E-state index in [4.69, 9.17) is 4.42 Å². The molecule has 0 radical (unpaired) electrons. The SMILES string of the molecule is CCN(CC(=O)N(C)C)Cc1csc(-c2ccc(C)o2)n1. The van der Waals surface area contributed by atoms with Gasteiger partial charge in [0.2, 0.25) is 5.91 Å². The zero-order valence-corrected chi connectivity index (χ0v) is 13.7. The molecular weight excluding hydrogens is 286 g/mol.